The van der Waals surface area contributed by atoms with Gasteiger partial charge in [0.2, 0.25) is 11.7 Å². The molecule has 0 N–H and O–H groups in total. The maximum atomic E-state index is 13.3. The van der Waals surface area contributed by atoms with Gasteiger partial charge in [0.1, 0.15) is 24.2 Å². The predicted molar refractivity (Wildman–Crippen MR) is 120 cm³/mol. The largest absolute Gasteiger partial charge is 0.497 e. The third-order valence-corrected chi connectivity index (χ3v) is 6.39. The monoisotopic (exact) mass is 449 g/mol. The minimum absolute atomic E-state index is 0.0232. The zero-order valence-corrected chi connectivity index (χ0v) is 18.8. The molecule has 1 aliphatic heterocycles. The Labute approximate surface area is 192 Å². The number of carbonyl (C=O) groups excluding carboxylic acids is 1. The molecular formula is C25H27N3O5. The summed E-state index contributed by atoms with van der Waals surface area (Å²) in [5.74, 6) is 2.72. The van der Waals surface area contributed by atoms with Crippen molar-refractivity contribution in [1.82, 2.24) is 15.0 Å². The highest BCUT2D eigenvalue weighted by Crippen LogP contribution is 2.50. The van der Waals surface area contributed by atoms with E-state index >= 15 is 0 Å². The topological polar surface area (TPSA) is 86.9 Å². The molecule has 1 saturated heterocycles. The lowest BCUT2D eigenvalue weighted by Gasteiger charge is -2.24. The fraction of sp³-hybridized carbons (Fsp3) is 0.400. The molecule has 0 spiro atoms. The van der Waals surface area contributed by atoms with Crippen LogP contribution < -0.4 is 9.47 Å². The van der Waals surface area contributed by atoms with E-state index < -0.39 is 0 Å². The fourth-order valence-corrected chi connectivity index (χ4v) is 4.40. The fourth-order valence-electron chi connectivity index (χ4n) is 4.40. The quantitative estimate of drug-likeness (QED) is 0.519. The summed E-state index contributed by atoms with van der Waals surface area (Å²) in [6, 6.07) is 15.5. The summed E-state index contributed by atoms with van der Waals surface area (Å²) in [5.41, 5.74) is 1.53. The van der Waals surface area contributed by atoms with Crippen molar-refractivity contribution in [3.63, 3.8) is 0 Å². The Morgan fingerprint density at radius 3 is 2.48 bits per heavy atom. The first-order valence-corrected chi connectivity index (χ1v) is 11.1. The average molecular weight is 450 g/mol. The van der Waals surface area contributed by atoms with Gasteiger partial charge in [-0.1, -0.05) is 17.3 Å². The second-order valence-electron chi connectivity index (χ2n) is 8.56. The molecule has 8 nitrogen and oxygen atoms in total. The molecular weight excluding hydrogens is 422 g/mol. The number of likely N-dealkylation sites (tertiary alicyclic amines) is 1. The van der Waals surface area contributed by atoms with Crippen LogP contribution in [0.5, 0.6) is 11.5 Å². The van der Waals surface area contributed by atoms with Gasteiger partial charge in [0.25, 0.3) is 5.89 Å². The normalized spacial score (nSPS) is 18.8. The van der Waals surface area contributed by atoms with E-state index in [0.29, 0.717) is 24.8 Å². The van der Waals surface area contributed by atoms with Crippen LogP contribution in [0.1, 0.15) is 30.7 Å². The van der Waals surface area contributed by atoms with E-state index in [1.807, 2.05) is 53.4 Å². The van der Waals surface area contributed by atoms with Crippen molar-refractivity contribution < 1.29 is 23.5 Å². The van der Waals surface area contributed by atoms with Crippen LogP contribution in [0.3, 0.4) is 0 Å². The Kier molecular flexibility index (Phi) is 5.76. The van der Waals surface area contributed by atoms with E-state index in [1.54, 1.807) is 14.2 Å². The minimum Gasteiger partial charge on any atom is -0.497 e. The summed E-state index contributed by atoms with van der Waals surface area (Å²) < 4.78 is 21.6. The molecule has 8 heteroatoms. The second-order valence-corrected chi connectivity index (χ2v) is 8.56. The number of aromatic nitrogens is 2. The molecule has 0 bridgehead atoms. The molecule has 2 aliphatic rings. The van der Waals surface area contributed by atoms with E-state index in [2.05, 4.69) is 10.1 Å². The highest BCUT2D eigenvalue weighted by atomic mass is 16.5. The molecule has 1 atom stereocenters. The van der Waals surface area contributed by atoms with Gasteiger partial charge in [0.15, 0.2) is 0 Å². The molecule has 1 aromatic heterocycles. The number of nitrogens with zero attached hydrogens (tertiary/aromatic N) is 3. The first kappa shape index (κ1) is 21.5. The molecule has 5 rings (SSSR count). The molecule has 33 heavy (non-hydrogen) atoms. The summed E-state index contributed by atoms with van der Waals surface area (Å²) in [6.45, 7) is 1.60. The van der Waals surface area contributed by atoms with Gasteiger partial charge >= 0.3 is 0 Å². The van der Waals surface area contributed by atoms with Gasteiger partial charge in [-0.05, 0) is 54.8 Å². The van der Waals surface area contributed by atoms with E-state index in [-0.39, 0.29) is 24.0 Å². The lowest BCUT2D eigenvalue weighted by atomic mass is 9.94. The molecule has 2 aromatic carbocycles. The van der Waals surface area contributed by atoms with Crippen LogP contribution >= 0.6 is 0 Å². The third kappa shape index (κ3) is 4.30. The summed E-state index contributed by atoms with van der Waals surface area (Å²) in [6.07, 6.45) is 2.58. The zero-order chi connectivity index (χ0) is 22.8. The number of methoxy groups -OCH3 is 2. The minimum atomic E-state index is -0.380. The molecule has 0 radical (unpaired) electrons. The van der Waals surface area contributed by atoms with E-state index in [1.165, 1.54) is 0 Å². The lowest BCUT2D eigenvalue weighted by molar-refractivity contribution is -0.133. The van der Waals surface area contributed by atoms with E-state index in [0.717, 1.165) is 41.9 Å². The number of rotatable bonds is 8. The molecule has 2 heterocycles. The SMILES string of the molecule is COCc1nc(-c2ccc(OC3CCN(C(=O)C4(c5ccc(OC)cc5)CC4)C3)cc2)no1. The second kappa shape index (κ2) is 8.86. The predicted octanol–water partition coefficient (Wildman–Crippen LogP) is 3.60. The number of carbonyl (C=O) groups is 1. The molecule has 1 amide bonds. The lowest BCUT2D eigenvalue weighted by Crippen LogP contribution is -2.38. The van der Waals surface area contributed by atoms with Gasteiger partial charge in [-0.25, -0.2) is 0 Å². The Morgan fingerprint density at radius 2 is 1.82 bits per heavy atom. The summed E-state index contributed by atoms with van der Waals surface area (Å²) >= 11 is 0. The number of hydrogen-bond acceptors (Lipinski definition) is 7. The number of ether oxygens (including phenoxy) is 3. The van der Waals surface area contributed by atoms with Gasteiger partial charge < -0.3 is 23.6 Å². The van der Waals surface area contributed by atoms with Crippen molar-refractivity contribution >= 4 is 5.91 Å². The van der Waals surface area contributed by atoms with Crippen molar-refractivity contribution in [2.24, 2.45) is 0 Å². The van der Waals surface area contributed by atoms with Crippen LogP contribution in [-0.4, -0.2) is 54.4 Å². The summed E-state index contributed by atoms with van der Waals surface area (Å²) in [4.78, 5) is 19.6. The van der Waals surface area contributed by atoms with Crippen molar-refractivity contribution in [2.45, 2.75) is 37.4 Å². The van der Waals surface area contributed by atoms with Gasteiger partial charge in [-0.15, -0.1) is 0 Å². The van der Waals surface area contributed by atoms with Crippen molar-refractivity contribution in [3.8, 4) is 22.9 Å². The van der Waals surface area contributed by atoms with Crippen LogP contribution in [0.2, 0.25) is 0 Å². The van der Waals surface area contributed by atoms with Gasteiger partial charge in [-0.2, -0.15) is 4.98 Å². The number of amides is 1. The standard InChI is InChI=1S/C25H27N3O5/c1-30-16-22-26-23(27-33-22)17-3-7-20(8-4-17)32-21-11-14-28(15-21)24(29)25(12-13-25)18-5-9-19(31-2)10-6-18/h3-10,21H,11-16H2,1-2H3. The molecule has 1 saturated carbocycles. The maximum absolute atomic E-state index is 13.3. The molecule has 3 aromatic rings. The maximum Gasteiger partial charge on any atom is 0.252 e. The molecule has 1 unspecified atom stereocenters. The van der Waals surface area contributed by atoms with Crippen LogP contribution in [0.4, 0.5) is 0 Å². The van der Waals surface area contributed by atoms with Gasteiger partial charge in [0.05, 0.1) is 19.1 Å². The van der Waals surface area contributed by atoms with Gasteiger partial charge in [-0.3, -0.25) is 4.79 Å². The van der Waals surface area contributed by atoms with Crippen LogP contribution in [0.15, 0.2) is 53.1 Å². The van der Waals surface area contributed by atoms with Crippen LogP contribution in [0.25, 0.3) is 11.4 Å². The first-order valence-electron chi connectivity index (χ1n) is 11.1. The summed E-state index contributed by atoms with van der Waals surface area (Å²) in [5, 5.41) is 3.97. The Hall–Kier alpha value is -3.39. The first-order chi connectivity index (χ1) is 16.1. The van der Waals surface area contributed by atoms with E-state index in [9.17, 15) is 4.79 Å². The van der Waals surface area contributed by atoms with Crippen molar-refractivity contribution in [3.05, 3.63) is 60.0 Å². The summed E-state index contributed by atoms with van der Waals surface area (Å²) in [7, 11) is 3.23. The van der Waals surface area contributed by atoms with E-state index in [4.69, 9.17) is 18.7 Å². The highest BCUT2D eigenvalue weighted by Gasteiger charge is 2.53. The number of hydrogen-bond donors (Lipinski definition) is 0. The Morgan fingerprint density at radius 1 is 1.09 bits per heavy atom. The Bertz CT molecular complexity index is 1110. The Balaban J connectivity index is 1.19. The number of benzene rings is 2. The molecule has 1 aliphatic carbocycles. The molecule has 172 valence electrons. The van der Waals surface area contributed by atoms with Crippen LogP contribution in [0, 0.1) is 0 Å². The average Bonchev–Trinajstić information content (AvgIpc) is 3.30. The smallest absolute Gasteiger partial charge is 0.252 e. The van der Waals surface area contributed by atoms with Crippen LogP contribution in [-0.2, 0) is 21.6 Å². The zero-order valence-electron chi connectivity index (χ0n) is 18.8. The molecule has 2 fully saturated rings. The van der Waals surface area contributed by atoms with Crippen molar-refractivity contribution in [2.75, 3.05) is 27.3 Å². The third-order valence-electron chi connectivity index (χ3n) is 6.39. The van der Waals surface area contributed by atoms with Gasteiger partial charge in [0, 0.05) is 25.6 Å². The van der Waals surface area contributed by atoms with Crippen molar-refractivity contribution in [1.29, 1.82) is 0 Å². The highest BCUT2D eigenvalue weighted by molar-refractivity contribution is 5.91.